The lowest BCUT2D eigenvalue weighted by Gasteiger charge is -2.15. The lowest BCUT2D eigenvalue weighted by Crippen LogP contribution is -2.26. The number of carbonyl (C=O) groups excluding carboxylic acids is 1. The number of anilines is 1. The Hall–Kier alpha value is -1.44. The van der Waals surface area contributed by atoms with Crippen LogP contribution in [-0.2, 0) is 6.54 Å². The molecule has 2 heterocycles. The molecule has 3 aromatic rings. The fourth-order valence-corrected chi connectivity index (χ4v) is 4.06. The van der Waals surface area contributed by atoms with E-state index in [9.17, 15) is 4.79 Å². The molecule has 2 N–H and O–H groups in total. The molecular weight excluding hydrogens is 370 g/mol. The first kappa shape index (κ1) is 14.5. The highest BCUT2D eigenvalue weighted by Crippen LogP contribution is 2.36. The number of rotatable bonds is 3. The number of nitrogens with two attached hydrogens (primary N) is 1. The molecule has 0 aliphatic carbocycles. The molecule has 0 fully saturated rings. The number of carbonyl (C=O) groups is 1. The zero-order chi connectivity index (χ0) is 15.0. The maximum absolute atomic E-state index is 12.6. The van der Waals surface area contributed by atoms with Gasteiger partial charge in [0, 0.05) is 27.0 Å². The maximum Gasteiger partial charge on any atom is 0.266 e. The second kappa shape index (κ2) is 5.75. The van der Waals surface area contributed by atoms with E-state index in [0.717, 1.165) is 20.3 Å². The van der Waals surface area contributed by atoms with Crippen LogP contribution in [0.15, 0.2) is 33.6 Å². The molecule has 21 heavy (non-hydrogen) atoms. The van der Waals surface area contributed by atoms with Crippen LogP contribution in [0.2, 0.25) is 0 Å². The summed E-state index contributed by atoms with van der Waals surface area (Å²) < 4.78 is 1.97. The first-order valence-corrected chi connectivity index (χ1v) is 8.71. The Kier molecular flexibility index (Phi) is 3.97. The van der Waals surface area contributed by atoms with Crippen molar-refractivity contribution in [1.82, 2.24) is 9.88 Å². The smallest absolute Gasteiger partial charge is 0.266 e. The zero-order valence-electron chi connectivity index (χ0n) is 11.2. The first-order chi connectivity index (χ1) is 10.1. The van der Waals surface area contributed by atoms with Crippen LogP contribution in [0.5, 0.6) is 0 Å². The summed E-state index contributed by atoms with van der Waals surface area (Å²) >= 11 is 6.38. The number of hydrogen-bond acceptors (Lipinski definition) is 5. The summed E-state index contributed by atoms with van der Waals surface area (Å²) in [6.45, 7) is 0.486. The van der Waals surface area contributed by atoms with E-state index < -0.39 is 0 Å². The van der Waals surface area contributed by atoms with Crippen molar-refractivity contribution in [3.63, 3.8) is 0 Å². The van der Waals surface area contributed by atoms with Crippen LogP contribution in [0.4, 0.5) is 5.69 Å². The molecule has 1 aromatic carbocycles. The first-order valence-electron chi connectivity index (χ1n) is 6.16. The van der Waals surface area contributed by atoms with Gasteiger partial charge in [0.1, 0.15) is 4.88 Å². The molecular formula is C14H12BrN3OS2. The number of benzene rings is 1. The van der Waals surface area contributed by atoms with Gasteiger partial charge in [-0.2, -0.15) is 0 Å². The lowest BCUT2D eigenvalue weighted by molar-refractivity contribution is 0.0789. The van der Waals surface area contributed by atoms with Gasteiger partial charge in [-0.15, -0.1) is 22.7 Å². The molecule has 0 saturated heterocycles. The van der Waals surface area contributed by atoms with Crippen molar-refractivity contribution < 1.29 is 4.79 Å². The summed E-state index contributed by atoms with van der Waals surface area (Å²) in [5.74, 6) is -0.0715. The molecule has 0 unspecified atom stereocenters. The van der Waals surface area contributed by atoms with Crippen molar-refractivity contribution in [2.75, 3.05) is 12.8 Å². The molecule has 0 atom stereocenters. The number of thiophene rings is 1. The third-order valence-corrected chi connectivity index (χ3v) is 5.42. The van der Waals surface area contributed by atoms with Crippen LogP contribution in [0.3, 0.4) is 0 Å². The van der Waals surface area contributed by atoms with Crippen LogP contribution in [0.1, 0.15) is 15.4 Å². The Morgan fingerprint density at radius 1 is 1.48 bits per heavy atom. The van der Waals surface area contributed by atoms with E-state index in [0.29, 0.717) is 17.1 Å². The second-order valence-corrected chi connectivity index (χ2v) is 7.31. The minimum absolute atomic E-state index is 0.0715. The Morgan fingerprint density at radius 2 is 2.29 bits per heavy atom. The molecule has 0 spiro atoms. The Morgan fingerprint density at radius 3 is 3.00 bits per heavy atom. The van der Waals surface area contributed by atoms with Crippen molar-refractivity contribution in [3.05, 3.63) is 44.1 Å². The van der Waals surface area contributed by atoms with E-state index in [1.165, 1.54) is 22.7 Å². The van der Waals surface area contributed by atoms with Gasteiger partial charge in [-0.05, 0) is 18.2 Å². The van der Waals surface area contributed by atoms with Gasteiger partial charge in [0.15, 0.2) is 0 Å². The van der Waals surface area contributed by atoms with Gasteiger partial charge in [-0.1, -0.05) is 15.9 Å². The van der Waals surface area contributed by atoms with Gasteiger partial charge in [-0.25, -0.2) is 4.98 Å². The SMILES string of the molecule is CN(Cc1cscn1)C(=O)c1sc2ccc(Br)cc2c1N. The minimum Gasteiger partial charge on any atom is -0.397 e. The van der Waals surface area contributed by atoms with Crippen LogP contribution >= 0.6 is 38.6 Å². The van der Waals surface area contributed by atoms with Crippen molar-refractivity contribution in [2.24, 2.45) is 0 Å². The van der Waals surface area contributed by atoms with E-state index >= 15 is 0 Å². The van der Waals surface area contributed by atoms with Crippen LogP contribution in [-0.4, -0.2) is 22.8 Å². The number of nitrogens with zero attached hydrogens (tertiary/aromatic N) is 2. The summed E-state index contributed by atoms with van der Waals surface area (Å²) in [7, 11) is 1.77. The van der Waals surface area contributed by atoms with Crippen LogP contribution in [0.25, 0.3) is 10.1 Å². The predicted molar refractivity (Wildman–Crippen MR) is 91.8 cm³/mol. The Balaban J connectivity index is 1.92. The normalized spacial score (nSPS) is 11.0. The number of nitrogen functional groups attached to an aromatic ring is 1. The number of hydrogen-bond donors (Lipinski definition) is 1. The lowest BCUT2D eigenvalue weighted by atomic mass is 10.2. The van der Waals surface area contributed by atoms with Crippen LogP contribution in [0, 0.1) is 0 Å². The Bertz CT molecular complexity index is 798. The highest BCUT2D eigenvalue weighted by atomic mass is 79.9. The van der Waals surface area contributed by atoms with Crippen molar-refractivity contribution in [3.8, 4) is 0 Å². The molecule has 0 saturated carbocycles. The van der Waals surface area contributed by atoms with Gasteiger partial charge in [-0.3, -0.25) is 4.79 Å². The van der Waals surface area contributed by atoms with E-state index in [1.54, 1.807) is 17.5 Å². The molecule has 0 aliphatic heterocycles. The summed E-state index contributed by atoms with van der Waals surface area (Å²) in [5, 5.41) is 2.86. The molecule has 3 rings (SSSR count). The minimum atomic E-state index is -0.0715. The third-order valence-electron chi connectivity index (χ3n) is 3.11. The predicted octanol–water partition coefficient (Wildman–Crippen LogP) is 3.97. The molecule has 7 heteroatoms. The standard InChI is InChI=1S/C14H12BrN3OS2/c1-18(5-9-6-20-7-17-9)14(19)13-12(16)10-4-8(15)2-3-11(10)21-13/h2-4,6-7H,5,16H2,1H3. The van der Waals surface area contributed by atoms with E-state index in [1.807, 2.05) is 23.6 Å². The molecule has 1 amide bonds. The fourth-order valence-electron chi connectivity index (χ4n) is 2.05. The topological polar surface area (TPSA) is 59.2 Å². The van der Waals surface area contributed by atoms with E-state index in [4.69, 9.17) is 5.73 Å². The highest BCUT2D eigenvalue weighted by molar-refractivity contribution is 9.10. The molecule has 108 valence electrons. The molecule has 0 radical (unpaired) electrons. The third kappa shape index (κ3) is 2.81. The Labute approximate surface area is 138 Å². The average molecular weight is 382 g/mol. The fraction of sp³-hybridized carbons (Fsp3) is 0.143. The van der Waals surface area contributed by atoms with E-state index in [2.05, 4.69) is 20.9 Å². The summed E-state index contributed by atoms with van der Waals surface area (Å²) in [6, 6.07) is 5.86. The van der Waals surface area contributed by atoms with Crippen molar-refractivity contribution in [1.29, 1.82) is 0 Å². The molecule has 0 aliphatic rings. The highest BCUT2D eigenvalue weighted by Gasteiger charge is 2.20. The van der Waals surface area contributed by atoms with Gasteiger partial charge in [0.2, 0.25) is 0 Å². The van der Waals surface area contributed by atoms with Crippen molar-refractivity contribution in [2.45, 2.75) is 6.54 Å². The zero-order valence-corrected chi connectivity index (χ0v) is 14.4. The summed E-state index contributed by atoms with van der Waals surface area (Å²) in [6.07, 6.45) is 0. The number of halogens is 1. The summed E-state index contributed by atoms with van der Waals surface area (Å²) in [5.41, 5.74) is 9.35. The van der Waals surface area contributed by atoms with Crippen molar-refractivity contribution >= 4 is 60.3 Å². The van der Waals surface area contributed by atoms with Gasteiger partial charge < -0.3 is 10.6 Å². The van der Waals surface area contributed by atoms with Gasteiger partial charge in [0.05, 0.1) is 23.4 Å². The van der Waals surface area contributed by atoms with Crippen LogP contribution < -0.4 is 5.73 Å². The monoisotopic (exact) mass is 381 g/mol. The number of thiazole rings is 1. The molecule has 2 aromatic heterocycles. The maximum atomic E-state index is 12.6. The van der Waals surface area contributed by atoms with E-state index in [-0.39, 0.29) is 5.91 Å². The quantitative estimate of drug-likeness (QED) is 0.746. The average Bonchev–Trinajstić information content (AvgIpc) is 3.07. The van der Waals surface area contributed by atoms with Gasteiger partial charge in [0.25, 0.3) is 5.91 Å². The number of aromatic nitrogens is 1. The largest absolute Gasteiger partial charge is 0.397 e. The molecule has 4 nitrogen and oxygen atoms in total. The summed E-state index contributed by atoms with van der Waals surface area (Å²) in [4.78, 5) is 19.0. The number of fused-ring (bicyclic) bond motifs is 1. The van der Waals surface area contributed by atoms with Gasteiger partial charge >= 0.3 is 0 Å². The second-order valence-electron chi connectivity index (χ2n) is 4.63. The molecule has 0 bridgehead atoms. The number of amides is 1.